The third kappa shape index (κ3) is 3.93. The van der Waals surface area contributed by atoms with Crippen molar-refractivity contribution >= 4 is 23.7 Å². The van der Waals surface area contributed by atoms with Gasteiger partial charge in [0.1, 0.15) is 11.5 Å². The van der Waals surface area contributed by atoms with Crippen molar-refractivity contribution in [2.24, 2.45) is 0 Å². The largest absolute Gasteiger partial charge is 0.711 e. The highest BCUT2D eigenvalue weighted by atomic mass is 31.2. The van der Waals surface area contributed by atoms with Crippen LogP contribution in [0.3, 0.4) is 0 Å². The predicted molar refractivity (Wildman–Crippen MR) is 94.1 cm³/mol. The summed E-state index contributed by atoms with van der Waals surface area (Å²) in [6.45, 7) is 7.78. The summed E-state index contributed by atoms with van der Waals surface area (Å²) in [6.07, 6.45) is 0.596. The Bertz CT molecular complexity index is 803. The van der Waals surface area contributed by atoms with E-state index in [1.807, 2.05) is 52.0 Å². The number of hydrogen-bond donors (Lipinski definition) is 1. The van der Waals surface area contributed by atoms with E-state index in [1.54, 1.807) is 0 Å². The first-order valence-electron chi connectivity index (χ1n) is 7.81. The van der Waals surface area contributed by atoms with Gasteiger partial charge in [-0.15, -0.1) is 0 Å². The Kier molecular flexibility index (Phi) is 5.27. The maximum Gasteiger partial charge on any atom is 0.711 e. The van der Waals surface area contributed by atoms with Gasteiger partial charge < -0.3 is 16.6 Å². The van der Waals surface area contributed by atoms with Crippen LogP contribution in [-0.2, 0) is 18.5 Å². The normalized spacial score (nSPS) is 15.1. The van der Waals surface area contributed by atoms with E-state index in [2.05, 4.69) is 3.94 Å². The van der Waals surface area contributed by atoms with Gasteiger partial charge in [0.25, 0.3) is 0 Å². The lowest BCUT2D eigenvalue weighted by molar-refractivity contribution is -0.148. The van der Waals surface area contributed by atoms with Crippen molar-refractivity contribution in [3.8, 4) is 11.5 Å². The molecule has 0 amide bonds. The van der Waals surface area contributed by atoms with Crippen molar-refractivity contribution in [2.45, 2.75) is 34.1 Å². The fraction of sp³-hybridized carbons (Fsp3) is 0.294. The molecule has 0 aliphatic carbocycles. The smallest absolute Gasteiger partial charge is 0.396 e. The number of phosphoric ester groups is 1. The summed E-state index contributed by atoms with van der Waals surface area (Å²) in [5, 5.41) is 8.59. The number of hydrogen-bond acceptors (Lipinski definition) is 6. The molecule has 0 spiro atoms. The van der Waals surface area contributed by atoms with Crippen LogP contribution in [0.4, 0.5) is 0 Å². The van der Waals surface area contributed by atoms with Gasteiger partial charge in [0.05, 0.1) is 0 Å². The molecule has 0 atom stereocenters. The number of rotatable bonds is 3. The van der Waals surface area contributed by atoms with E-state index in [1.165, 1.54) is 0 Å². The minimum atomic E-state index is -4.00. The molecule has 0 bridgehead atoms. The Hall–Kier alpha value is -1.32. The van der Waals surface area contributed by atoms with Crippen LogP contribution in [-0.4, -0.2) is 21.1 Å². The molecule has 0 unspecified atom stereocenters. The third-order valence-electron chi connectivity index (χ3n) is 3.99. The van der Waals surface area contributed by atoms with Crippen molar-refractivity contribution in [3.05, 3.63) is 57.6 Å². The van der Waals surface area contributed by atoms with E-state index in [9.17, 15) is 4.57 Å². The Morgan fingerprint density at radius 1 is 0.960 bits per heavy atom. The zero-order valence-corrected chi connectivity index (χ0v) is 16.6. The maximum atomic E-state index is 13.1. The summed E-state index contributed by atoms with van der Waals surface area (Å²) in [4.78, 5) is 0. The van der Waals surface area contributed by atoms with Gasteiger partial charge in [-0.2, -0.15) is 0 Å². The standard InChI is InChI=1S/C17H19O4P.Al.H2O2/c1-10-5-12(3)16-14(7-10)9-15-8-11(2)6-13(4)17(15)21-22(18,19)20-16;;1-2/h5-8H,9H2,1-4H3,(H,18,19);;1-2H/q;+2;/p-2. The molecular weight excluding hydrogens is 358 g/mol. The molecule has 1 aliphatic rings. The van der Waals surface area contributed by atoms with Crippen LogP contribution in [0.25, 0.3) is 0 Å². The molecule has 6 nitrogen and oxygen atoms in total. The summed E-state index contributed by atoms with van der Waals surface area (Å²) in [6, 6.07) is 7.91. The number of fused-ring (bicyclic) bond motifs is 2. The molecule has 1 aliphatic heterocycles. The second kappa shape index (κ2) is 7.13. The van der Waals surface area contributed by atoms with Gasteiger partial charge in [0, 0.05) is 6.42 Å². The molecule has 0 fully saturated rings. The van der Waals surface area contributed by atoms with Gasteiger partial charge in [-0.3, -0.25) is 5.26 Å². The molecule has 131 valence electrons. The third-order valence-corrected chi connectivity index (χ3v) is 6.27. The van der Waals surface area contributed by atoms with Gasteiger partial charge in [0.15, 0.2) is 0 Å². The van der Waals surface area contributed by atoms with E-state index in [4.69, 9.17) is 17.9 Å². The first-order valence-corrected chi connectivity index (χ1v) is 10.2. The van der Waals surface area contributed by atoms with E-state index in [0.717, 1.165) is 33.4 Å². The van der Waals surface area contributed by atoms with Gasteiger partial charge in [-0.1, -0.05) is 35.4 Å². The quantitative estimate of drug-likeness (QED) is 0.369. The van der Waals surface area contributed by atoms with Gasteiger partial charge >= 0.3 is 23.7 Å². The van der Waals surface area contributed by atoms with Crippen LogP contribution in [0.15, 0.2) is 24.3 Å². The molecular formula is C17H19AlO6P. The summed E-state index contributed by atoms with van der Waals surface area (Å²) < 4.78 is 33.7. The Morgan fingerprint density at radius 3 is 1.88 bits per heavy atom. The second-order valence-corrected chi connectivity index (χ2v) is 8.76. The van der Waals surface area contributed by atoms with Gasteiger partial charge in [0.2, 0.25) is 0 Å². The van der Waals surface area contributed by atoms with Crippen molar-refractivity contribution < 1.29 is 26.4 Å². The number of aryl methyl sites for hydroxylation is 4. The number of benzene rings is 2. The monoisotopic (exact) mass is 377 g/mol. The van der Waals surface area contributed by atoms with E-state index in [0.29, 0.717) is 17.9 Å². The topological polar surface area (TPSA) is 74.2 Å². The summed E-state index contributed by atoms with van der Waals surface area (Å²) in [5.41, 5.74) is 5.69. The molecule has 0 saturated heterocycles. The van der Waals surface area contributed by atoms with Crippen LogP contribution in [0.2, 0.25) is 0 Å². The molecule has 2 aromatic rings. The minimum Gasteiger partial charge on any atom is -0.396 e. The zero-order valence-electron chi connectivity index (χ0n) is 14.5. The fourth-order valence-electron chi connectivity index (χ4n) is 3.17. The summed E-state index contributed by atoms with van der Waals surface area (Å²) in [7, 11) is -4.00. The lowest BCUT2D eigenvalue weighted by Gasteiger charge is -2.27. The molecule has 3 rings (SSSR count). The Balaban J connectivity index is 2.20. The molecule has 0 aromatic heterocycles. The second-order valence-electron chi connectivity index (χ2n) is 6.25. The van der Waals surface area contributed by atoms with Crippen molar-refractivity contribution in [3.63, 3.8) is 0 Å². The molecule has 1 radical (unpaired) electrons. The highest BCUT2D eigenvalue weighted by molar-refractivity contribution is 7.50. The van der Waals surface area contributed by atoms with Crippen LogP contribution in [0.1, 0.15) is 33.4 Å². The van der Waals surface area contributed by atoms with E-state index < -0.39 is 23.7 Å². The molecule has 2 aromatic carbocycles. The molecule has 1 heterocycles. The van der Waals surface area contributed by atoms with Crippen molar-refractivity contribution in [1.29, 1.82) is 0 Å². The fourth-order valence-corrected chi connectivity index (χ4v) is 5.10. The highest BCUT2D eigenvalue weighted by Crippen LogP contribution is 2.54. The van der Waals surface area contributed by atoms with Gasteiger partial charge in [-0.25, -0.2) is 4.57 Å². The average Bonchev–Trinajstić information content (AvgIpc) is 2.51. The SMILES string of the molecule is Cc1cc(C)c2c(c1)Cc1cc(C)cc(C)c1OP(=O)([O][Al][O]O)O2. The number of phosphoric acid groups is 1. The van der Waals surface area contributed by atoms with Crippen LogP contribution in [0.5, 0.6) is 11.5 Å². The molecule has 0 saturated carbocycles. The first kappa shape index (κ1) is 18.5. The average molecular weight is 377 g/mol. The van der Waals surface area contributed by atoms with Crippen LogP contribution >= 0.6 is 7.82 Å². The van der Waals surface area contributed by atoms with Crippen LogP contribution in [0, 0.1) is 27.7 Å². The highest BCUT2D eigenvalue weighted by Gasteiger charge is 2.36. The molecule has 25 heavy (non-hydrogen) atoms. The first-order chi connectivity index (χ1) is 11.8. The zero-order chi connectivity index (χ0) is 18.2. The maximum absolute atomic E-state index is 13.1. The molecule has 1 N–H and O–H groups in total. The Morgan fingerprint density at radius 2 is 1.44 bits per heavy atom. The molecule has 8 heteroatoms. The van der Waals surface area contributed by atoms with Crippen molar-refractivity contribution in [2.75, 3.05) is 0 Å². The Labute approximate surface area is 153 Å². The lowest BCUT2D eigenvalue weighted by atomic mass is 9.96. The van der Waals surface area contributed by atoms with Crippen LogP contribution < -0.4 is 9.05 Å². The summed E-state index contributed by atoms with van der Waals surface area (Å²) >= 11 is -1.39. The minimum absolute atomic E-state index is 0.482. The summed E-state index contributed by atoms with van der Waals surface area (Å²) in [5.74, 6) is 0.965. The van der Waals surface area contributed by atoms with Gasteiger partial charge in [-0.05, 0) is 49.9 Å². The van der Waals surface area contributed by atoms with E-state index >= 15 is 0 Å². The predicted octanol–water partition coefficient (Wildman–Crippen LogP) is 4.43. The van der Waals surface area contributed by atoms with Crippen molar-refractivity contribution in [1.82, 2.24) is 0 Å². The lowest BCUT2D eigenvalue weighted by Crippen LogP contribution is -2.14. The van der Waals surface area contributed by atoms with E-state index in [-0.39, 0.29) is 0 Å².